The first kappa shape index (κ1) is 29.4. The van der Waals surface area contributed by atoms with E-state index in [1.807, 2.05) is 47.0 Å². The van der Waals surface area contributed by atoms with E-state index in [-0.39, 0.29) is 29.6 Å². The highest BCUT2D eigenvalue weighted by Gasteiger charge is 2.44. The minimum atomic E-state index is -5.08. The third kappa shape index (κ3) is 7.12. The summed E-state index contributed by atoms with van der Waals surface area (Å²) in [5, 5.41) is 10.5. The molecule has 1 saturated carbocycles. The highest BCUT2D eigenvalue weighted by atomic mass is 19.4. The number of rotatable bonds is 7. The normalized spacial score (nSPS) is 20.6. The number of benzene rings is 2. The predicted molar refractivity (Wildman–Crippen MR) is 145 cm³/mol. The first-order chi connectivity index (χ1) is 19.0. The number of carbonyl (C=O) groups is 2. The molecular weight excluding hydrogens is 525 g/mol. The van der Waals surface area contributed by atoms with Crippen LogP contribution in [0.5, 0.6) is 0 Å². The second-order valence-corrected chi connectivity index (χ2v) is 10.9. The highest BCUT2D eigenvalue weighted by molar-refractivity contribution is 5.83. The molecule has 0 radical (unpaired) electrons. The lowest BCUT2D eigenvalue weighted by molar-refractivity contribution is -0.192. The Balaban J connectivity index is 0.000000470. The number of alkyl halides is 3. The largest absolute Gasteiger partial charge is 0.490 e. The highest BCUT2D eigenvalue weighted by Crippen LogP contribution is 2.47. The number of hydrogen-bond donors (Lipinski definition) is 3. The van der Waals surface area contributed by atoms with E-state index < -0.39 is 12.1 Å². The minimum Gasteiger partial charge on any atom is -0.475 e. The Kier molecular flexibility index (Phi) is 9.02. The maximum absolute atomic E-state index is 12.9. The van der Waals surface area contributed by atoms with Gasteiger partial charge in [0.15, 0.2) is 0 Å². The van der Waals surface area contributed by atoms with Gasteiger partial charge < -0.3 is 20.3 Å². The van der Waals surface area contributed by atoms with Crippen molar-refractivity contribution in [3.63, 3.8) is 0 Å². The van der Waals surface area contributed by atoms with E-state index in [4.69, 9.17) is 9.90 Å². The number of carboxylic acid groups (broad SMARTS) is 1. The van der Waals surface area contributed by atoms with E-state index in [9.17, 15) is 22.8 Å². The van der Waals surface area contributed by atoms with Crippen LogP contribution in [-0.4, -0.2) is 63.3 Å². The van der Waals surface area contributed by atoms with Crippen molar-refractivity contribution in [2.24, 2.45) is 11.8 Å². The van der Waals surface area contributed by atoms with Crippen molar-refractivity contribution in [3.05, 3.63) is 70.6 Å². The monoisotopic (exact) mass is 560 g/mol. The summed E-state index contributed by atoms with van der Waals surface area (Å²) in [5.74, 6) is -1.72. The number of aliphatic carboxylic acids is 1. The summed E-state index contributed by atoms with van der Waals surface area (Å²) in [6.45, 7) is 7.11. The molecule has 1 aliphatic carbocycles. The lowest BCUT2D eigenvalue weighted by Gasteiger charge is -2.36. The number of aromatic amines is 1. The Morgan fingerprint density at radius 1 is 1.05 bits per heavy atom. The number of likely N-dealkylation sites (tertiary alicyclic amines) is 1. The van der Waals surface area contributed by atoms with Crippen LogP contribution in [0.4, 0.5) is 13.2 Å². The average molecular weight is 561 g/mol. The minimum absolute atomic E-state index is 0.0145. The summed E-state index contributed by atoms with van der Waals surface area (Å²) >= 11 is 0. The predicted octanol–water partition coefficient (Wildman–Crippen LogP) is 4.54. The van der Waals surface area contributed by atoms with Gasteiger partial charge in [-0.05, 0) is 48.8 Å². The average Bonchev–Trinajstić information content (AvgIpc) is 3.65. The van der Waals surface area contributed by atoms with E-state index in [1.54, 1.807) is 0 Å². The van der Waals surface area contributed by atoms with Gasteiger partial charge in [0.1, 0.15) is 0 Å². The summed E-state index contributed by atoms with van der Waals surface area (Å²) in [4.78, 5) is 39.8. The fraction of sp³-hybridized carbons (Fsp3) is 0.483. The van der Waals surface area contributed by atoms with Crippen molar-refractivity contribution in [2.75, 3.05) is 19.6 Å². The van der Waals surface area contributed by atoms with Crippen LogP contribution in [0.3, 0.4) is 0 Å². The summed E-state index contributed by atoms with van der Waals surface area (Å²) in [6, 6.07) is 18.6. The van der Waals surface area contributed by atoms with Gasteiger partial charge in [-0.15, -0.1) is 0 Å². The summed E-state index contributed by atoms with van der Waals surface area (Å²) < 4.78 is 33.7. The van der Waals surface area contributed by atoms with E-state index in [1.165, 1.54) is 5.56 Å². The number of hydrogen-bond acceptors (Lipinski definition) is 4. The third-order valence-corrected chi connectivity index (χ3v) is 7.73. The van der Waals surface area contributed by atoms with Crippen LogP contribution in [0.1, 0.15) is 50.6 Å². The van der Waals surface area contributed by atoms with Crippen molar-refractivity contribution in [1.82, 2.24) is 19.8 Å². The van der Waals surface area contributed by atoms with Crippen LogP contribution in [0, 0.1) is 11.8 Å². The van der Waals surface area contributed by atoms with Crippen LogP contribution in [0.15, 0.2) is 59.4 Å². The SMILES string of the molecule is CC(C)[C@@H](CN1CCC(n2c(=O)[nH]c3ccccc32)CC1)NC(=O)[C@@H]1C[C@H]1c1ccccc1.O=C(O)C(F)(F)F. The number of nitrogens with zero attached hydrogens (tertiary/aromatic N) is 2. The molecule has 3 N–H and O–H groups in total. The molecule has 0 spiro atoms. The maximum atomic E-state index is 12.9. The quantitative estimate of drug-likeness (QED) is 0.393. The van der Waals surface area contributed by atoms with Crippen LogP contribution < -0.4 is 11.0 Å². The van der Waals surface area contributed by atoms with Crippen molar-refractivity contribution >= 4 is 22.9 Å². The number of aromatic nitrogens is 2. The number of H-pyrrole nitrogens is 1. The van der Waals surface area contributed by atoms with Gasteiger partial charge in [0.05, 0.1) is 11.0 Å². The Morgan fingerprint density at radius 3 is 2.25 bits per heavy atom. The van der Waals surface area contributed by atoms with E-state index in [0.717, 1.165) is 49.9 Å². The summed E-state index contributed by atoms with van der Waals surface area (Å²) in [6.07, 6.45) is -2.25. The number of halogens is 3. The van der Waals surface area contributed by atoms with Gasteiger partial charge in [-0.2, -0.15) is 13.2 Å². The first-order valence-corrected chi connectivity index (χ1v) is 13.5. The molecule has 5 rings (SSSR count). The zero-order valence-electron chi connectivity index (χ0n) is 22.5. The molecule has 0 unspecified atom stereocenters. The number of para-hydroxylation sites is 2. The molecule has 1 saturated heterocycles. The fourth-order valence-corrected chi connectivity index (χ4v) is 5.34. The lowest BCUT2D eigenvalue weighted by Crippen LogP contribution is -2.49. The Hall–Kier alpha value is -3.60. The number of carbonyl (C=O) groups excluding carboxylic acids is 1. The number of nitrogens with one attached hydrogen (secondary N) is 2. The molecule has 1 aromatic heterocycles. The topological polar surface area (TPSA) is 107 Å². The smallest absolute Gasteiger partial charge is 0.475 e. The zero-order chi connectivity index (χ0) is 29.0. The molecule has 2 aromatic carbocycles. The van der Waals surface area contributed by atoms with Gasteiger partial charge in [-0.1, -0.05) is 56.3 Å². The zero-order valence-corrected chi connectivity index (χ0v) is 22.5. The molecule has 1 aliphatic heterocycles. The van der Waals surface area contributed by atoms with E-state index in [2.05, 4.69) is 41.2 Å². The molecule has 2 heterocycles. The molecule has 0 bridgehead atoms. The second kappa shape index (κ2) is 12.3. The Morgan fingerprint density at radius 2 is 1.65 bits per heavy atom. The molecule has 11 heteroatoms. The fourth-order valence-electron chi connectivity index (χ4n) is 5.34. The van der Waals surface area contributed by atoms with Gasteiger partial charge in [-0.25, -0.2) is 9.59 Å². The second-order valence-electron chi connectivity index (χ2n) is 10.9. The Bertz CT molecular complexity index is 1360. The van der Waals surface area contributed by atoms with Crippen LogP contribution in [0.25, 0.3) is 11.0 Å². The Labute approximate surface area is 230 Å². The van der Waals surface area contributed by atoms with Gasteiger partial charge in [0, 0.05) is 37.6 Å². The van der Waals surface area contributed by atoms with Gasteiger partial charge in [0.25, 0.3) is 0 Å². The number of fused-ring (bicyclic) bond motifs is 1. The molecule has 8 nitrogen and oxygen atoms in total. The standard InChI is InChI=1S/C27H34N4O2.C2HF3O2/c1-18(2)24(28-26(32)22-16-21(22)19-8-4-3-5-9-19)17-30-14-12-20(13-15-30)31-25-11-7-6-10-23(25)29-27(31)33;3-2(4,5)1(6)7/h3-11,18,20-22,24H,12-17H2,1-2H3,(H,28,32)(H,29,33);(H,6,7)/t21-,22+,24+;/m0./s1. The lowest BCUT2D eigenvalue weighted by atomic mass is 9.99. The van der Waals surface area contributed by atoms with Crippen molar-refractivity contribution in [3.8, 4) is 0 Å². The van der Waals surface area contributed by atoms with Crippen LogP contribution in [-0.2, 0) is 9.59 Å². The maximum Gasteiger partial charge on any atom is 0.490 e. The van der Waals surface area contributed by atoms with Gasteiger partial charge in [-0.3, -0.25) is 9.36 Å². The summed E-state index contributed by atoms with van der Waals surface area (Å²) in [7, 11) is 0. The van der Waals surface area contributed by atoms with Crippen molar-refractivity contribution < 1.29 is 27.9 Å². The van der Waals surface area contributed by atoms with E-state index in [0.29, 0.717) is 11.8 Å². The summed E-state index contributed by atoms with van der Waals surface area (Å²) in [5.41, 5.74) is 3.15. The van der Waals surface area contributed by atoms with Crippen LogP contribution >= 0.6 is 0 Å². The van der Waals surface area contributed by atoms with E-state index >= 15 is 0 Å². The van der Waals surface area contributed by atoms with Crippen molar-refractivity contribution in [1.29, 1.82) is 0 Å². The number of carboxylic acids is 1. The molecular formula is C29H35F3N4O4. The van der Waals surface area contributed by atoms with Gasteiger partial charge >= 0.3 is 17.8 Å². The molecule has 1 amide bonds. The number of amides is 1. The van der Waals surface area contributed by atoms with Crippen LogP contribution in [0.2, 0.25) is 0 Å². The molecule has 216 valence electrons. The number of piperidine rings is 1. The van der Waals surface area contributed by atoms with Gasteiger partial charge in [0.2, 0.25) is 5.91 Å². The van der Waals surface area contributed by atoms with Crippen molar-refractivity contribution in [2.45, 2.75) is 57.3 Å². The first-order valence-electron chi connectivity index (χ1n) is 13.5. The molecule has 2 fully saturated rings. The molecule has 3 atom stereocenters. The third-order valence-electron chi connectivity index (χ3n) is 7.73. The number of imidazole rings is 1. The molecule has 3 aromatic rings. The molecule has 40 heavy (non-hydrogen) atoms. The molecule has 2 aliphatic rings.